The molecule has 1 aromatic rings. The first-order valence-electron chi connectivity index (χ1n) is 6.03. The first-order valence-corrected chi connectivity index (χ1v) is 6.03. The molecule has 0 fully saturated rings. The van der Waals surface area contributed by atoms with Crippen LogP contribution in [0.3, 0.4) is 0 Å². The van der Waals surface area contributed by atoms with Crippen molar-refractivity contribution in [1.82, 2.24) is 15.1 Å². The van der Waals surface area contributed by atoms with Crippen LogP contribution in [-0.4, -0.2) is 27.8 Å². The van der Waals surface area contributed by atoms with Crippen molar-refractivity contribution in [2.75, 3.05) is 6.54 Å². The summed E-state index contributed by atoms with van der Waals surface area (Å²) in [4.78, 5) is 11.6. The first-order chi connectivity index (χ1) is 7.99. The SMILES string of the molecule is CCCNC(C)(CC(C)n1cccn1)C(N)=O. The Balaban J connectivity index is 2.69. The van der Waals surface area contributed by atoms with Gasteiger partial charge < -0.3 is 11.1 Å². The molecule has 96 valence electrons. The Labute approximate surface area is 102 Å². The normalized spacial score (nSPS) is 16.4. The molecule has 0 aliphatic rings. The largest absolute Gasteiger partial charge is 0.368 e. The zero-order valence-corrected chi connectivity index (χ0v) is 10.8. The highest BCUT2D eigenvalue weighted by Gasteiger charge is 2.32. The third-order valence-corrected chi connectivity index (χ3v) is 2.99. The molecule has 1 rings (SSSR count). The topological polar surface area (TPSA) is 72.9 Å². The van der Waals surface area contributed by atoms with Gasteiger partial charge in [0, 0.05) is 12.4 Å². The number of rotatable bonds is 7. The number of hydrogen-bond donors (Lipinski definition) is 2. The van der Waals surface area contributed by atoms with Crippen molar-refractivity contribution in [3.63, 3.8) is 0 Å². The number of nitrogens with two attached hydrogens (primary N) is 1. The number of nitrogens with one attached hydrogen (secondary N) is 1. The van der Waals surface area contributed by atoms with E-state index in [0.29, 0.717) is 6.42 Å². The summed E-state index contributed by atoms with van der Waals surface area (Å²) in [6.07, 6.45) is 5.23. The second kappa shape index (κ2) is 5.82. The van der Waals surface area contributed by atoms with Gasteiger partial charge in [-0.15, -0.1) is 0 Å². The van der Waals surface area contributed by atoms with Crippen molar-refractivity contribution >= 4 is 5.91 Å². The van der Waals surface area contributed by atoms with E-state index in [1.807, 2.05) is 30.8 Å². The molecule has 0 aromatic carbocycles. The van der Waals surface area contributed by atoms with Crippen LogP contribution in [-0.2, 0) is 4.79 Å². The number of amides is 1. The van der Waals surface area contributed by atoms with Gasteiger partial charge in [0.05, 0.1) is 11.6 Å². The van der Waals surface area contributed by atoms with E-state index >= 15 is 0 Å². The highest BCUT2D eigenvalue weighted by atomic mass is 16.1. The zero-order valence-electron chi connectivity index (χ0n) is 10.8. The van der Waals surface area contributed by atoms with Crippen LogP contribution in [0.1, 0.15) is 39.7 Å². The smallest absolute Gasteiger partial charge is 0.237 e. The molecule has 2 atom stereocenters. The summed E-state index contributed by atoms with van der Waals surface area (Å²) in [7, 11) is 0. The number of nitrogens with zero attached hydrogens (tertiary/aromatic N) is 2. The van der Waals surface area contributed by atoms with Crippen molar-refractivity contribution in [3.05, 3.63) is 18.5 Å². The molecule has 0 bridgehead atoms. The average Bonchev–Trinajstić information content (AvgIpc) is 2.79. The van der Waals surface area contributed by atoms with Gasteiger partial charge in [-0.2, -0.15) is 5.10 Å². The molecule has 17 heavy (non-hydrogen) atoms. The highest BCUT2D eigenvalue weighted by molar-refractivity contribution is 5.84. The summed E-state index contributed by atoms with van der Waals surface area (Å²) in [5.74, 6) is -0.315. The Kier molecular flexibility index (Phi) is 4.69. The van der Waals surface area contributed by atoms with Crippen molar-refractivity contribution < 1.29 is 4.79 Å². The van der Waals surface area contributed by atoms with Crippen LogP contribution < -0.4 is 11.1 Å². The Morgan fingerprint density at radius 3 is 2.82 bits per heavy atom. The van der Waals surface area contributed by atoms with Crippen molar-refractivity contribution in [1.29, 1.82) is 0 Å². The molecular formula is C12H22N4O. The second-order valence-electron chi connectivity index (χ2n) is 4.66. The first kappa shape index (κ1) is 13.7. The Hall–Kier alpha value is -1.36. The van der Waals surface area contributed by atoms with E-state index in [0.717, 1.165) is 13.0 Å². The van der Waals surface area contributed by atoms with Gasteiger partial charge >= 0.3 is 0 Å². The maximum Gasteiger partial charge on any atom is 0.237 e. The van der Waals surface area contributed by atoms with Crippen LogP contribution in [0.4, 0.5) is 0 Å². The van der Waals surface area contributed by atoms with Crippen LogP contribution in [0, 0.1) is 0 Å². The maximum absolute atomic E-state index is 11.6. The number of aromatic nitrogens is 2. The van der Waals surface area contributed by atoms with E-state index < -0.39 is 5.54 Å². The van der Waals surface area contributed by atoms with E-state index in [1.165, 1.54) is 0 Å². The van der Waals surface area contributed by atoms with E-state index in [1.54, 1.807) is 6.20 Å². The van der Waals surface area contributed by atoms with E-state index in [4.69, 9.17) is 5.73 Å². The minimum absolute atomic E-state index is 0.131. The molecule has 1 amide bonds. The molecule has 2 unspecified atom stereocenters. The van der Waals surface area contributed by atoms with Gasteiger partial charge in [-0.25, -0.2) is 0 Å². The number of hydrogen-bond acceptors (Lipinski definition) is 3. The van der Waals surface area contributed by atoms with E-state index in [9.17, 15) is 4.79 Å². The van der Waals surface area contributed by atoms with Crippen molar-refractivity contribution in [3.8, 4) is 0 Å². The van der Waals surface area contributed by atoms with Crippen LogP contribution in [0.5, 0.6) is 0 Å². The summed E-state index contributed by atoms with van der Waals surface area (Å²) < 4.78 is 1.84. The fourth-order valence-electron chi connectivity index (χ4n) is 1.89. The summed E-state index contributed by atoms with van der Waals surface area (Å²) in [5, 5.41) is 7.40. The summed E-state index contributed by atoms with van der Waals surface area (Å²) >= 11 is 0. The summed E-state index contributed by atoms with van der Waals surface area (Å²) in [6, 6.07) is 2.00. The Morgan fingerprint density at radius 2 is 2.35 bits per heavy atom. The lowest BCUT2D eigenvalue weighted by Gasteiger charge is -2.30. The summed E-state index contributed by atoms with van der Waals surface area (Å²) in [5.41, 5.74) is 4.80. The van der Waals surface area contributed by atoms with Gasteiger partial charge in [-0.1, -0.05) is 6.92 Å². The van der Waals surface area contributed by atoms with Gasteiger partial charge in [0.25, 0.3) is 0 Å². The number of carbonyl (C=O) groups excluding carboxylic acids is 1. The van der Waals surface area contributed by atoms with Gasteiger partial charge in [0.1, 0.15) is 0 Å². The van der Waals surface area contributed by atoms with Gasteiger partial charge in [-0.05, 0) is 39.3 Å². The lowest BCUT2D eigenvalue weighted by molar-refractivity contribution is -0.124. The van der Waals surface area contributed by atoms with E-state index in [-0.39, 0.29) is 11.9 Å². The standard InChI is InChI=1S/C12H22N4O/c1-4-6-14-12(3,11(13)17)9-10(2)16-8-5-7-15-16/h5,7-8,10,14H,4,6,9H2,1-3H3,(H2,13,17). The predicted octanol–water partition coefficient (Wildman–Crippen LogP) is 1.08. The Bertz CT molecular complexity index is 349. The maximum atomic E-state index is 11.6. The van der Waals surface area contributed by atoms with Crippen molar-refractivity contribution in [2.45, 2.75) is 45.2 Å². The second-order valence-corrected chi connectivity index (χ2v) is 4.66. The molecule has 0 saturated carbocycles. The minimum Gasteiger partial charge on any atom is -0.368 e. The molecule has 3 N–H and O–H groups in total. The monoisotopic (exact) mass is 238 g/mol. The molecule has 1 heterocycles. The molecule has 0 aliphatic carbocycles. The van der Waals surface area contributed by atoms with Gasteiger partial charge in [0.2, 0.25) is 5.91 Å². The Morgan fingerprint density at radius 1 is 1.65 bits per heavy atom. The number of primary amides is 1. The molecule has 0 saturated heterocycles. The van der Waals surface area contributed by atoms with Crippen LogP contribution in [0.15, 0.2) is 18.5 Å². The molecule has 0 radical (unpaired) electrons. The zero-order chi connectivity index (χ0) is 12.9. The third-order valence-electron chi connectivity index (χ3n) is 2.99. The van der Waals surface area contributed by atoms with Crippen LogP contribution in [0.2, 0.25) is 0 Å². The summed E-state index contributed by atoms with van der Waals surface area (Å²) in [6.45, 7) is 6.73. The lowest BCUT2D eigenvalue weighted by atomic mass is 9.92. The van der Waals surface area contributed by atoms with Crippen LogP contribution in [0.25, 0.3) is 0 Å². The highest BCUT2D eigenvalue weighted by Crippen LogP contribution is 2.20. The minimum atomic E-state index is -0.679. The number of carbonyl (C=O) groups is 1. The quantitative estimate of drug-likeness (QED) is 0.746. The predicted molar refractivity (Wildman–Crippen MR) is 67.4 cm³/mol. The fraction of sp³-hybridized carbons (Fsp3) is 0.667. The van der Waals surface area contributed by atoms with Crippen LogP contribution >= 0.6 is 0 Å². The van der Waals surface area contributed by atoms with E-state index in [2.05, 4.69) is 17.3 Å². The molecule has 0 aliphatic heterocycles. The molecule has 5 nitrogen and oxygen atoms in total. The molecule has 0 spiro atoms. The molecular weight excluding hydrogens is 216 g/mol. The fourth-order valence-corrected chi connectivity index (χ4v) is 1.89. The van der Waals surface area contributed by atoms with Gasteiger partial charge in [-0.3, -0.25) is 9.48 Å². The molecule has 1 aromatic heterocycles. The van der Waals surface area contributed by atoms with Crippen molar-refractivity contribution in [2.24, 2.45) is 5.73 Å². The average molecular weight is 238 g/mol. The lowest BCUT2D eigenvalue weighted by Crippen LogP contribution is -2.54. The molecule has 5 heteroatoms. The third kappa shape index (κ3) is 3.56. The van der Waals surface area contributed by atoms with Gasteiger partial charge in [0.15, 0.2) is 0 Å².